The zero-order chi connectivity index (χ0) is 7.61. The van der Waals surface area contributed by atoms with E-state index in [1.165, 1.54) is 12.1 Å². The molecule has 0 bridgehead atoms. The molecule has 0 heterocycles. The van der Waals surface area contributed by atoms with E-state index in [-0.39, 0.29) is 16.5 Å². The second-order valence-electron chi connectivity index (χ2n) is 1.79. The van der Waals surface area contributed by atoms with Gasteiger partial charge in [0.25, 0.3) is 0 Å². The first kappa shape index (κ1) is 10.5. The van der Waals surface area contributed by atoms with E-state index in [1.54, 1.807) is 0 Å². The van der Waals surface area contributed by atoms with Crippen molar-refractivity contribution in [3.63, 3.8) is 0 Å². The fourth-order valence-corrected chi connectivity index (χ4v) is 0.576. The molecule has 63 valence electrons. The molecule has 0 aliphatic heterocycles. The van der Waals surface area contributed by atoms with E-state index in [0.717, 1.165) is 12.1 Å². The van der Waals surface area contributed by atoms with Crippen LogP contribution in [0.25, 0.3) is 0 Å². The van der Waals surface area contributed by atoms with Crippen molar-refractivity contribution in [2.45, 2.75) is 6.18 Å². The predicted octanol–water partition coefficient (Wildman–Crippen LogP) is 2.50. The quantitative estimate of drug-likeness (QED) is 0.569. The van der Waals surface area contributed by atoms with Crippen molar-refractivity contribution in [2.75, 3.05) is 0 Å². The van der Waals surface area contributed by atoms with Crippen molar-refractivity contribution >= 4 is 0 Å². The molecule has 1 radical (unpaired) electrons. The molecule has 0 saturated heterocycles. The summed E-state index contributed by atoms with van der Waals surface area (Å²) in [4.78, 5) is 0. The molecule has 0 aromatic heterocycles. The molecule has 11 heavy (non-hydrogen) atoms. The van der Waals surface area contributed by atoms with Crippen LogP contribution >= 0.6 is 0 Å². The minimum Gasteiger partial charge on any atom is -0.166 e. The number of hydrogen-bond donors (Lipinski definition) is 0. The predicted molar refractivity (Wildman–Crippen MR) is 30.3 cm³/mol. The van der Waals surface area contributed by atoms with Gasteiger partial charge in [0.2, 0.25) is 0 Å². The molecule has 0 unspecified atom stereocenters. The molecule has 0 aliphatic rings. The monoisotopic (exact) mass is 203 g/mol. The second-order valence-corrected chi connectivity index (χ2v) is 1.79. The molecule has 0 fully saturated rings. The van der Waals surface area contributed by atoms with Crippen LogP contribution in [0.15, 0.2) is 24.3 Å². The summed E-state index contributed by atoms with van der Waals surface area (Å²) >= 11 is 0. The van der Waals surface area contributed by atoms with Crippen molar-refractivity contribution in [3.05, 3.63) is 35.9 Å². The van der Waals surface area contributed by atoms with Crippen LogP contribution in [-0.4, -0.2) is 0 Å². The Bertz CT molecular complexity index is 205. The van der Waals surface area contributed by atoms with Gasteiger partial charge in [-0.15, -0.1) is 0 Å². The van der Waals surface area contributed by atoms with Gasteiger partial charge in [-0.3, -0.25) is 0 Å². The summed E-state index contributed by atoms with van der Waals surface area (Å²) in [5.74, 6) is 0. The normalized spacial score (nSPS) is 10.5. The standard InChI is InChI=1S/C7H4F3.Ni/c8-7(9,10)6-4-2-1-3-5-6;/h2-5H;. The number of hydrogen-bond acceptors (Lipinski definition) is 0. The van der Waals surface area contributed by atoms with Gasteiger partial charge in [-0.1, -0.05) is 12.1 Å². The smallest absolute Gasteiger partial charge is 0.166 e. The van der Waals surface area contributed by atoms with Crippen molar-refractivity contribution in [2.24, 2.45) is 0 Å². The Labute approximate surface area is 72.3 Å². The van der Waals surface area contributed by atoms with Gasteiger partial charge in [-0.25, -0.2) is 0 Å². The first-order valence-corrected chi connectivity index (χ1v) is 2.64. The maximum Gasteiger partial charge on any atom is 0.416 e. The van der Waals surface area contributed by atoms with Gasteiger partial charge in [0.05, 0.1) is 5.56 Å². The van der Waals surface area contributed by atoms with Crippen LogP contribution in [0.1, 0.15) is 5.56 Å². The molecule has 1 rings (SSSR count). The number of alkyl halides is 3. The first-order chi connectivity index (χ1) is 4.61. The molecule has 1 aromatic rings. The van der Waals surface area contributed by atoms with E-state index < -0.39 is 11.7 Å². The Hall–Kier alpha value is -0.496. The van der Waals surface area contributed by atoms with Crippen LogP contribution < -0.4 is 0 Å². The number of benzene rings is 1. The molecule has 0 N–H and O–H groups in total. The number of rotatable bonds is 0. The van der Waals surface area contributed by atoms with Gasteiger partial charge in [-0.2, -0.15) is 13.2 Å². The van der Waals surface area contributed by atoms with Gasteiger partial charge < -0.3 is 0 Å². The van der Waals surface area contributed by atoms with E-state index in [9.17, 15) is 13.2 Å². The van der Waals surface area contributed by atoms with Crippen molar-refractivity contribution in [1.29, 1.82) is 0 Å². The summed E-state index contributed by atoms with van der Waals surface area (Å²) in [6.45, 7) is 0. The van der Waals surface area contributed by atoms with Gasteiger partial charge in [0.1, 0.15) is 0 Å². The average Bonchev–Trinajstić information content (AvgIpc) is 1.88. The maximum atomic E-state index is 11.8. The molecule has 0 atom stereocenters. The van der Waals surface area contributed by atoms with Crippen molar-refractivity contribution in [3.8, 4) is 0 Å². The maximum absolute atomic E-state index is 11.8. The van der Waals surface area contributed by atoms with Crippen LogP contribution in [0.5, 0.6) is 0 Å². The minimum absolute atomic E-state index is 0. The average molecular weight is 204 g/mol. The van der Waals surface area contributed by atoms with Crippen LogP contribution in [0, 0.1) is 6.07 Å². The van der Waals surface area contributed by atoms with Gasteiger partial charge in [0, 0.05) is 16.5 Å². The third kappa shape index (κ3) is 2.93. The van der Waals surface area contributed by atoms with Crippen LogP contribution in [0.2, 0.25) is 0 Å². The summed E-state index contributed by atoms with van der Waals surface area (Å²) < 4.78 is 35.3. The molecule has 4 heteroatoms. The molecular formula is C7H4F3Ni. The Balaban J connectivity index is 0.000001000. The van der Waals surface area contributed by atoms with Gasteiger partial charge >= 0.3 is 6.18 Å². The van der Waals surface area contributed by atoms with E-state index in [1.807, 2.05) is 0 Å². The van der Waals surface area contributed by atoms with E-state index in [0.29, 0.717) is 0 Å². The van der Waals surface area contributed by atoms with Crippen molar-refractivity contribution < 1.29 is 29.7 Å². The van der Waals surface area contributed by atoms with Crippen LogP contribution in [0.3, 0.4) is 0 Å². The SMILES string of the molecule is FC(F)(F)c1cc[c]cc1.[Ni]. The second kappa shape index (κ2) is 3.77. The van der Waals surface area contributed by atoms with Crippen LogP contribution in [0.4, 0.5) is 13.2 Å². The summed E-state index contributed by atoms with van der Waals surface area (Å²) in [5, 5.41) is 0. The van der Waals surface area contributed by atoms with Gasteiger partial charge in [-0.05, 0) is 18.2 Å². The fourth-order valence-electron chi connectivity index (χ4n) is 0.576. The molecule has 0 spiro atoms. The molecule has 0 nitrogen and oxygen atoms in total. The third-order valence-electron chi connectivity index (χ3n) is 1.05. The molecule has 0 amide bonds. The Morgan fingerprint density at radius 1 is 1.09 bits per heavy atom. The summed E-state index contributed by atoms with van der Waals surface area (Å²) in [6, 6.07) is 6.95. The fraction of sp³-hybridized carbons (Fsp3) is 0.143. The van der Waals surface area contributed by atoms with E-state index >= 15 is 0 Å². The van der Waals surface area contributed by atoms with E-state index in [4.69, 9.17) is 0 Å². The Morgan fingerprint density at radius 2 is 1.55 bits per heavy atom. The zero-order valence-electron chi connectivity index (χ0n) is 5.26. The van der Waals surface area contributed by atoms with Gasteiger partial charge in [0.15, 0.2) is 0 Å². The summed E-state index contributed by atoms with van der Waals surface area (Å²) in [5.41, 5.74) is -0.633. The van der Waals surface area contributed by atoms with E-state index in [2.05, 4.69) is 6.07 Å². The summed E-state index contributed by atoms with van der Waals surface area (Å²) in [7, 11) is 0. The Kier molecular flexibility index (Phi) is 3.60. The Morgan fingerprint density at radius 3 is 1.82 bits per heavy atom. The first-order valence-electron chi connectivity index (χ1n) is 2.64. The largest absolute Gasteiger partial charge is 0.416 e. The van der Waals surface area contributed by atoms with Crippen LogP contribution in [-0.2, 0) is 22.7 Å². The van der Waals surface area contributed by atoms with Crippen molar-refractivity contribution in [1.82, 2.24) is 0 Å². The molecular weight excluding hydrogens is 200 g/mol. The molecule has 0 saturated carbocycles. The molecule has 0 aliphatic carbocycles. The minimum atomic E-state index is -4.23. The summed E-state index contributed by atoms with van der Waals surface area (Å²) in [6.07, 6.45) is -4.23. The number of halogens is 3. The zero-order valence-corrected chi connectivity index (χ0v) is 6.25. The molecule has 1 aromatic carbocycles. The topological polar surface area (TPSA) is 0 Å². The third-order valence-corrected chi connectivity index (χ3v) is 1.05.